The number of likely N-dealkylation sites (tertiary alicyclic amines) is 1. The molecular weight excluding hydrogens is 278 g/mol. The first-order valence-electron chi connectivity index (χ1n) is 9.05. The molecular formula is C17H31N3O2. The molecule has 3 aliphatic rings. The molecule has 0 bridgehead atoms. The molecule has 3 atom stereocenters. The van der Waals surface area contributed by atoms with Crippen LogP contribution in [0.25, 0.3) is 0 Å². The van der Waals surface area contributed by atoms with Gasteiger partial charge in [0.15, 0.2) is 5.96 Å². The number of hydrogen-bond donors (Lipinski definition) is 2. The number of nitrogens with zero attached hydrogens (tertiary/aromatic N) is 2. The van der Waals surface area contributed by atoms with E-state index in [0.717, 1.165) is 38.5 Å². The predicted octanol–water partition coefficient (Wildman–Crippen LogP) is 1.76. The summed E-state index contributed by atoms with van der Waals surface area (Å²) in [5.74, 6) is 0.991. The van der Waals surface area contributed by atoms with E-state index in [1.807, 2.05) is 0 Å². The third kappa shape index (κ3) is 2.85. The van der Waals surface area contributed by atoms with Crippen LogP contribution in [-0.2, 0) is 4.74 Å². The van der Waals surface area contributed by atoms with E-state index in [4.69, 9.17) is 4.74 Å². The summed E-state index contributed by atoms with van der Waals surface area (Å²) in [6, 6.07) is 0.481. The van der Waals surface area contributed by atoms with Gasteiger partial charge in [0.25, 0.3) is 0 Å². The quantitative estimate of drug-likeness (QED) is 0.614. The Balaban J connectivity index is 1.67. The highest BCUT2D eigenvalue weighted by atomic mass is 16.5. The van der Waals surface area contributed by atoms with Crippen LogP contribution in [0.1, 0.15) is 52.4 Å². The zero-order chi connectivity index (χ0) is 15.6. The number of aliphatic imine (C=N–C) groups is 1. The molecule has 22 heavy (non-hydrogen) atoms. The average molecular weight is 309 g/mol. The maximum absolute atomic E-state index is 9.79. The number of hydrogen-bond acceptors (Lipinski definition) is 3. The second kappa shape index (κ2) is 6.75. The molecule has 2 N–H and O–H groups in total. The molecule has 2 aliphatic carbocycles. The van der Waals surface area contributed by atoms with Crippen molar-refractivity contribution in [3.05, 3.63) is 0 Å². The lowest BCUT2D eigenvalue weighted by Gasteiger charge is -2.54. The molecule has 2 unspecified atom stereocenters. The van der Waals surface area contributed by atoms with Crippen molar-refractivity contribution in [1.29, 1.82) is 0 Å². The molecule has 0 radical (unpaired) electrons. The van der Waals surface area contributed by atoms with Gasteiger partial charge < -0.3 is 20.1 Å². The molecule has 1 saturated heterocycles. The first-order valence-corrected chi connectivity index (χ1v) is 9.05. The molecule has 5 nitrogen and oxygen atoms in total. The molecule has 0 aromatic rings. The van der Waals surface area contributed by atoms with E-state index in [2.05, 4.69) is 29.1 Å². The Kier molecular flexibility index (Phi) is 4.93. The van der Waals surface area contributed by atoms with Gasteiger partial charge in [0.05, 0.1) is 12.2 Å². The Morgan fingerprint density at radius 2 is 2.14 bits per heavy atom. The summed E-state index contributed by atoms with van der Waals surface area (Å²) in [4.78, 5) is 6.88. The smallest absolute Gasteiger partial charge is 0.194 e. The Hall–Kier alpha value is -0.810. The van der Waals surface area contributed by atoms with Gasteiger partial charge in [-0.05, 0) is 39.5 Å². The van der Waals surface area contributed by atoms with Crippen molar-refractivity contribution in [3.63, 3.8) is 0 Å². The van der Waals surface area contributed by atoms with E-state index < -0.39 is 0 Å². The monoisotopic (exact) mass is 309 g/mol. The lowest BCUT2D eigenvalue weighted by molar-refractivity contribution is -0.126. The second-order valence-corrected chi connectivity index (χ2v) is 7.00. The van der Waals surface area contributed by atoms with Crippen LogP contribution in [-0.4, -0.2) is 60.5 Å². The molecule has 1 spiro atoms. The van der Waals surface area contributed by atoms with E-state index in [1.165, 1.54) is 25.7 Å². The van der Waals surface area contributed by atoms with E-state index >= 15 is 0 Å². The highest BCUT2D eigenvalue weighted by molar-refractivity contribution is 5.81. The fourth-order valence-electron chi connectivity index (χ4n) is 4.57. The predicted molar refractivity (Wildman–Crippen MR) is 88.0 cm³/mol. The van der Waals surface area contributed by atoms with E-state index in [0.29, 0.717) is 24.1 Å². The highest BCUT2D eigenvalue weighted by Gasteiger charge is 2.57. The molecule has 3 rings (SSSR count). The standard InChI is InChI=1S/C17H31N3O2/c1-3-18-16(20-10-7-13(21)12-20)19-14-11-15(22-4-2)17(14)8-5-6-9-17/h13-15,21H,3-12H2,1-2H3,(H,18,19)/t13-,14?,15?/m1/s1. The molecule has 2 saturated carbocycles. The van der Waals surface area contributed by atoms with Crippen LogP contribution in [0.5, 0.6) is 0 Å². The molecule has 1 heterocycles. The Morgan fingerprint density at radius 3 is 2.73 bits per heavy atom. The summed E-state index contributed by atoms with van der Waals surface area (Å²) in [6.45, 7) is 7.38. The van der Waals surface area contributed by atoms with Gasteiger partial charge in [-0.2, -0.15) is 0 Å². The van der Waals surface area contributed by atoms with Gasteiger partial charge >= 0.3 is 0 Å². The molecule has 1 aliphatic heterocycles. The van der Waals surface area contributed by atoms with Crippen LogP contribution in [0.4, 0.5) is 0 Å². The number of rotatable bonds is 4. The van der Waals surface area contributed by atoms with Gasteiger partial charge in [-0.3, -0.25) is 4.99 Å². The van der Waals surface area contributed by atoms with Gasteiger partial charge in [0, 0.05) is 37.7 Å². The number of ether oxygens (including phenoxy) is 1. The highest BCUT2D eigenvalue weighted by Crippen LogP contribution is 2.54. The number of aliphatic hydroxyl groups is 1. The minimum Gasteiger partial charge on any atom is -0.391 e. The molecule has 3 fully saturated rings. The Labute approximate surface area is 134 Å². The van der Waals surface area contributed by atoms with Crippen LogP contribution >= 0.6 is 0 Å². The molecule has 126 valence electrons. The third-order valence-electron chi connectivity index (χ3n) is 5.76. The average Bonchev–Trinajstić information content (AvgIpc) is 3.15. The van der Waals surface area contributed by atoms with Crippen LogP contribution in [0, 0.1) is 5.41 Å². The minimum atomic E-state index is -0.207. The van der Waals surface area contributed by atoms with Crippen LogP contribution in [0.15, 0.2) is 4.99 Å². The van der Waals surface area contributed by atoms with Crippen molar-refractivity contribution in [2.24, 2.45) is 10.4 Å². The molecule has 0 aromatic carbocycles. The summed E-state index contributed by atoms with van der Waals surface area (Å²) < 4.78 is 6.00. The third-order valence-corrected chi connectivity index (χ3v) is 5.76. The summed E-state index contributed by atoms with van der Waals surface area (Å²) >= 11 is 0. The molecule has 0 amide bonds. The van der Waals surface area contributed by atoms with Crippen molar-refractivity contribution in [2.75, 3.05) is 26.2 Å². The number of guanidine groups is 1. The molecule has 5 heteroatoms. The van der Waals surface area contributed by atoms with Crippen molar-refractivity contribution in [2.45, 2.75) is 70.6 Å². The maximum atomic E-state index is 9.79. The summed E-state index contributed by atoms with van der Waals surface area (Å²) in [5.41, 5.74) is 0.322. The minimum absolute atomic E-state index is 0.207. The zero-order valence-electron chi connectivity index (χ0n) is 14.1. The second-order valence-electron chi connectivity index (χ2n) is 7.00. The van der Waals surface area contributed by atoms with Gasteiger partial charge in [-0.1, -0.05) is 12.8 Å². The summed E-state index contributed by atoms with van der Waals surface area (Å²) in [7, 11) is 0. The van der Waals surface area contributed by atoms with Gasteiger partial charge in [-0.15, -0.1) is 0 Å². The first-order chi connectivity index (χ1) is 10.7. The zero-order valence-corrected chi connectivity index (χ0v) is 14.1. The van der Waals surface area contributed by atoms with Crippen LogP contribution in [0.3, 0.4) is 0 Å². The topological polar surface area (TPSA) is 57.1 Å². The summed E-state index contributed by atoms with van der Waals surface area (Å²) in [6.07, 6.45) is 7.35. The lowest BCUT2D eigenvalue weighted by Crippen LogP contribution is -2.65. The fraction of sp³-hybridized carbons (Fsp3) is 0.941. The fourth-order valence-corrected chi connectivity index (χ4v) is 4.57. The molecule has 0 aromatic heterocycles. The van der Waals surface area contributed by atoms with E-state index in [-0.39, 0.29) is 6.10 Å². The number of nitrogens with one attached hydrogen (secondary N) is 1. The number of β-amino-alcohol motifs (C(OH)–C–C–N with tert-alkyl or cyclic N) is 1. The van der Waals surface area contributed by atoms with Gasteiger partial charge in [-0.25, -0.2) is 0 Å². The van der Waals surface area contributed by atoms with Crippen molar-refractivity contribution >= 4 is 5.96 Å². The van der Waals surface area contributed by atoms with Crippen molar-refractivity contribution < 1.29 is 9.84 Å². The van der Waals surface area contributed by atoms with E-state index in [1.54, 1.807) is 0 Å². The van der Waals surface area contributed by atoms with Gasteiger partial charge in [0.1, 0.15) is 0 Å². The van der Waals surface area contributed by atoms with Crippen molar-refractivity contribution in [3.8, 4) is 0 Å². The van der Waals surface area contributed by atoms with Gasteiger partial charge in [0.2, 0.25) is 0 Å². The Morgan fingerprint density at radius 1 is 1.36 bits per heavy atom. The van der Waals surface area contributed by atoms with Crippen molar-refractivity contribution in [1.82, 2.24) is 10.2 Å². The van der Waals surface area contributed by atoms with E-state index in [9.17, 15) is 5.11 Å². The van der Waals surface area contributed by atoms with Crippen LogP contribution in [0.2, 0.25) is 0 Å². The summed E-state index contributed by atoms with van der Waals surface area (Å²) in [5, 5.41) is 13.5. The normalized spacial score (nSPS) is 34.2. The Bertz CT molecular complexity index is 407. The largest absolute Gasteiger partial charge is 0.391 e. The van der Waals surface area contributed by atoms with Crippen LogP contribution < -0.4 is 5.32 Å². The first kappa shape index (κ1) is 16.1. The maximum Gasteiger partial charge on any atom is 0.194 e. The number of aliphatic hydroxyl groups excluding tert-OH is 1. The SMILES string of the molecule is CCN=C(NC1CC(OCC)C12CCCC2)N1CC[C@@H](O)C1. The lowest BCUT2D eigenvalue weighted by atomic mass is 9.60.